The molecule has 1 spiro atoms. The van der Waals surface area contributed by atoms with Gasteiger partial charge in [-0.3, -0.25) is 0 Å². The Kier molecular flexibility index (Phi) is 3.91. The summed E-state index contributed by atoms with van der Waals surface area (Å²) in [4.78, 5) is 2.56. The summed E-state index contributed by atoms with van der Waals surface area (Å²) in [5, 5.41) is 3.48. The molecule has 1 atom stereocenters. The molecule has 0 aromatic carbocycles. The highest BCUT2D eigenvalue weighted by atomic mass is 15.1. The second-order valence-corrected chi connectivity index (χ2v) is 6.46. The molecule has 2 rings (SSSR count). The van der Waals surface area contributed by atoms with E-state index in [1.807, 2.05) is 0 Å². The minimum Gasteiger partial charge on any atom is -0.317 e. The SMILES string of the molecule is CC(C)CCN(C)CC1CC12CCNCC2. The largest absolute Gasteiger partial charge is 0.317 e. The summed E-state index contributed by atoms with van der Waals surface area (Å²) in [6, 6.07) is 0. The van der Waals surface area contributed by atoms with E-state index < -0.39 is 0 Å². The van der Waals surface area contributed by atoms with Crippen LogP contribution < -0.4 is 5.32 Å². The van der Waals surface area contributed by atoms with Crippen molar-refractivity contribution in [1.29, 1.82) is 0 Å². The van der Waals surface area contributed by atoms with Gasteiger partial charge in [-0.25, -0.2) is 0 Å². The van der Waals surface area contributed by atoms with Crippen molar-refractivity contribution in [3.8, 4) is 0 Å². The lowest BCUT2D eigenvalue weighted by atomic mass is 9.92. The molecule has 1 saturated carbocycles. The van der Waals surface area contributed by atoms with Gasteiger partial charge in [0.25, 0.3) is 0 Å². The fourth-order valence-electron chi connectivity index (χ4n) is 3.17. The van der Waals surface area contributed by atoms with Crippen molar-refractivity contribution in [2.75, 3.05) is 33.2 Å². The summed E-state index contributed by atoms with van der Waals surface area (Å²) in [5.41, 5.74) is 0.761. The van der Waals surface area contributed by atoms with Crippen LogP contribution in [0.3, 0.4) is 0 Å². The van der Waals surface area contributed by atoms with Crippen LogP contribution in [0.2, 0.25) is 0 Å². The van der Waals surface area contributed by atoms with Crippen molar-refractivity contribution in [2.24, 2.45) is 17.3 Å². The summed E-state index contributed by atoms with van der Waals surface area (Å²) in [6.45, 7) is 9.77. The van der Waals surface area contributed by atoms with Gasteiger partial charge in [0.1, 0.15) is 0 Å². The maximum atomic E-state index is 3.48. The van der Waals surface area contributed by atoms with Crippen molar-refractivity contribution in [1.82, 2.24) is 10.2 Å². The molecule has 1 N–H and O–H groups in total. The van der Waals surface area contributed by atoms with Gasteiger partial charge in [-0.05, 0) is 69.6 Å². The zero-order valence-corrected chi connectivity index (χ0v) is 11.3. The molecule has 2 nitrogen and oxygen atoms in total. The lowest BCUT2D eigenvalue weighted by Gasteiger charge is -2.25. The third kappa shape index (κ3) is 2.98. The van der Waals surface area contributed by atoms with Crippen LogP contribution in [0.15, 0.2) is 0 Å². The summed E-state index contributed by atoms with van der Waals surface area (Å²) < 4.78 is 0. The van der Waals surface area contributed by atoms with E-state index in [0.717, 1.165) is 17.3 Å². The lowest BCUT2D eigenvalue weighted by molar-refractivity contribution is 0.253. The molecule has 94 valence electrons. The standard InChI is InChI=1S/C14H28N2/c1-12(2)4-9-16(3)11-13-10-14(13)5-7-15-8-6-14/h12-13,15H,4-11H2,1-3H3. The molecule has 1 unspecified atom stereocenters. The molecule has 1 heterocycles. The molecule has 16 heavy (non-hydrogen) atoms. The molecule has 2 heteroatoms. The number of hydrogen-bond donors (Lipinski definition) is 1. The van der Waals surface area contributed by atoms with Gasteiger partial charge in [0.2, 0.25) is 0 Å². The number of rotatable bonds is 5. The van der Waals surface area contributed by atoms with Crippen molar-refractivity contribution in [3.63, 3.8) is 0 Å². The lowest BCUT2D eigenvalue weighted by Crippen LogP contribution is -2.32. The third-order valence-electron chi connectivity index (χ3n) is 4.58. The summed E-state index contributed by atoms with van der Waals surface area (Å²) >= 11 is 0. The van der Waals surface area contributed by atoms with Crippen molar-refractivity contribution >= 4 is 0 Å². The molecule has 0 aromatic heterocycles. The molecule has 0 bridgehead atoms. The highest BCUT2D eigenvalue weighted by Gasteiger charge is 2.53. The van der Waals surface area contributed by atoms with Crippen LogP contribution in [0.1, 0.15) is 39.5 Å². The maximum Gasteiger partial charge on any atom is 0.00121 e. The molecule has 2 fully saturated rings. The second kappa shape index (κ2) is 5.05. The molecule has 0 aromatic rings. The van der Waals surface area contributed by atoms with Crippen molar-refractivity contribution in [3.05, 3.63) is 0 Å². The molecular formula is C14H28N2. The van der Waals surface area contributed by atoms with Crippen LogP contribution in [-0.2, 0) is 0 Å². The van der Waals surface area contributed by atoms with Crippen molar-refractivity contribution < 1.29 is 0 Å². The topological polar surface area (TPSA) is 15.3 Å². The molecule has 1 aliphatic carbocycles. The summed E-state index contributed by atoms with van der Waals surface area (Å²) in [7, 11) is 2.30. The summed E-state index contributed by atoms with van der Waals surface area (Å²) in [6.07, 6.45) is 5.70. The zero-order valence-electron chi connectivity index (χ0n) is 11.3. The monoisotopic (exact) mass is 224 g/mol. The quantitative estimate of drug-likeness (QED) is 0.771. The Morgan fingerprint density at radius 2 is 2.00 bits per heavy atom. The Hall–Kier alpha value is -0.0800. The normalized spacial score (nSPS) is 27.9. The van der Waals surface area contributed by atoms with Crippen LogP contribution in [0.5, 0.6) is 0 Å². The Morgan fingerprint density at radius 3 is 2.62 bits per heavy atom. The van der Waals surface area contributed by atoms with E-state index in [0.29, 0.717) is 0 Å². The Balaban J connectivity index is 1.67. The van der Waals surface area contributed by atoms with Gasteiger partial charge in [0.15, 0.2) is 0 Å². The van der Waals surface area contributed by atoms with Gasteiger partial charge >= 0.3 is 0 Å². The van der Waals surface area contributed by atoms with Crippen molar-refractivity contribution in [2.45, 2.75) is 39.5 Å². The molecule has 0 amide bonds. The van der Waals surface area contributed by atoms with Gasteiger partial charge in [0.05, 0.1) is 0 Å². The fourth-order valence-corrected chi connectivity index (χ4v) is 3.17. The first-order valence-corrected chi connectivity index (χ1v) is 7.02. The van der Waals surface area contributed by atoms with E-state index >= 15 is 0 Å². The van der Waals surface area contributed by atoms with Gasteiger partial charge in [-0.1, -0.05) is 13.8 Å². The third-order valence-corrected chi connectivity index (χ3v) is 4.58. The van der Waals surface area contributed by atoms with E-state index in [9.17, 15) is 0 Å². The highest BCUT2D eigenvalue weighted by Crippen LogP contribution is 2.58. The first-order valence-electron chi connectivity index (χ1n) is 7.02. The number of hydrogen-bond acceptors (Lipinski definition) is 2. The highest BCUT2D eigenvalue weighted by molar-refractivity contribution is 5.05. The summed E-state index contributed by atoms with van der Waals surface area (Å²) in [5.74, 6) is 1.85. The molecule has 1 aliphatic heterocycles. The Labute approximate surface area is 101 Å². The van der Waals surface area contributed by atoms with E-state index in [2.05, 4.69) is 31.1 Å². The minimum absolute atomic E-state index is 0.761. The van der Waals surface area contributed by atoms with Gasteiger partial charge < -0.3 is 10.2 Å². The van der Waals surface area contributed by atoms with E-state index in [4.69, 9.17) is 0 Å². The maximum absolute atomic E-state index is 3.48. The average molecular weight is 224 g/mol. The van der Waals surface area contributed by atoms with E-state index in [1.165, 1.54) is 51.9 Å². The van der Waals surface area contributed by atoms with Crippen LogP contribution >= 0.6 is 0 Å². The minimum atomic E-state index is 0.761. The van der Waals surface area contributed by atoms with E-state index in [-0.39, 0.29) is 0 Å². The predicted octanol–water partition coefficient (Wildman–Crippen LogP) is 2.35. The van der Waals surface area contributed by atoms with Crippen LogP contribution in [0.4, 0.5) is 0 Å². The fraction of sp³-hybridized carbons (Fsp3) is 1.00. The Morgan fingerprint density at radius 1 is 1.31 bits per heavy atom. The van der Waals surface area contributed by atoms with Crippen LogP contribution in [-0.4, -0.2) is 38.1 Å². The second-order valence-electron chi connectivity index (χ2n) is 6.46. The van der Waals surface area contributed by atoms with Gasteiger partial charge in [-0.15, -0.1) is 0 Å². The number of nitrogens with zero attached hydrogens (tertiary/aromatic N) is 1. The smallest absolute Gasteiger partial charge is 0.00121 e. The van der Waals surface area contributed by atoms with Gasteiger partial charge in [-0.2, -0.15) is 0 Å². The van der Waals surface area contributed by atoms with Crippen LogP contribution in [0.25, 0.3) is 0 Å². The first kappa shape index (κ1) is 12.4. The average Bonchev–Trinajstić information content (AvgIpc) is 2.89. The van der Waals surface area contributed by atoms with Gasteiger partial charge in [0, 0.05) is 6.54 Å². The van der Waals surface area contributed by atoms with E-state index in [1.54, 1.807) is 0 Å². The van der Waals surface area contributed by atoms with Crippen LogP contribution in [0, 0.1) is 17.3 Å². The zero-order chi connectivity index (χ0) is 11.6. The predicted molar refractivity (Wildman–Crippen MR) is 69.6 cm³/mol. The molecule has 2 aliphatic rings. The molecule has 1 saturated heterocycles. The first-order chi connectivity index (χ1) is 7.62. The Bertz CT molecular complexity index is 219. The number of piperidine rings is 1. The molecular weight excluding hydrogens is 196 g/mol. The molecule has 0 radical (unpaired) electrons. The number of nitrogens with one attached hydrogen (secondary N) is 1.